The third-order valence-corrected chi connectivity index (χ3v) is 9.14. The second kappa shape index (κ2) is 12.9. The summed E-state index contributed by atoms with van der Waals surface area (Å²) in [5.74, 6) is 2.53. The number of carbonyl (C=O) groups excluding carboxylic acids is 1. The molecule has 0 radical (unpaired) electrons. The summed E-state index contributed by atoms with van der Waals surface area (Å²) in [7, 11) is 5.35. The molecule has 0 bridgehead atoms. The highest BCUT2D eigenvalue weighted by Gasteiger charge is 2.37. The molecule has 3 aromatic carbocycles. The van der Waals surface area contributed by atoms with Crippen LogP contribution in [0.5, 0.6) is 11.5 Å². The van der Waals surface area contributed by atoms with E-state index >= 15 is 0 Å². The van der Waals surface area contributed by atoms with E-state index in [1.54, 1.807) is 54.5 Å². The Morgan fingerprint density at radius 3 is 2.56 bits per heavy atom. The molecule has 45 heavy (non-hydrogen) atoms. The molecule has 1 aromatic heterocycles. The van der Waals surface area contributed by atoms with E-state index in [2.05, 4.69) is 42.4 Å². The zero-order chi connectivity index (χ0) is 31.7. The van der Waals surface area contributed by atoms with Crippen molar-refractivity contribution in [2.24, 2.45) is 0 Å². The molecule has 1 fully saturated rings. The Morgan fingerprint density at radius 1 is 1.04 bits per heavy atom. The molecule has 0 aliphatic carbocycles. The van der Waals surface area contributed by atoms with Crippen LogP contribution in [0.4, 0.5) is 33.6 Å². The number of hydrogen-bond donors (Lipinski definition) is 1. The van der Waals surface area contributed by atoms with Crippen molar-refractivity contribution in [3.8, 4) is 11.5 Å². The highest BCUT2D eigenvalue weighted by atomic mass is 35.5. The van der Waals surface area contributed by atoms with Gasteiger partial charge >= 0.3 is 6.03 Å². The van der Waals surface area contributed by atoms with E-state index in [0.29, 0.717) is 45.6 Å². The van der Waals surface area contributed by atoms with E-state index < -0.39 is 0 Å². The second-order valence-corrected chi connectivity index (χ2v) is 12.1. The highest BCUT2D eigenvalue weighted by molar-refractivity contribution is 6.34. The standard InChI is InChI=1S/C35H39ClN6O3/c1-6-23-18-25(24-14-16-40(3)17-15-24)10-12-29(23)38-34-37-20-26-21-41(32-22(2)8-7-9-28(32)36)35(43)42(33(26)39-34)30-13-11-27(44-4)19-31(30)45-5/h7-13,18-20,24H,6,14-17,21H2,1-5H3,(H,37,38,39). The average molecular weight is 627 g/mol. The van der Waals surface area contributed by atoms with Crippen molar-refractivity contribution in [1.29, 1.82) is 0 Å². The van der Waals surface area contributed by atoms with Gasteiger partial charge in [-0.05, 0) is 93.2 Å². The van der Waals surface area contributed by atoms with Crippen molar-refractivity contribution in [3.63, 3.8) is 0 Å². The lowest BCUT2D eigenvalue weighted by atomic mass is 9.88. The van der Waals surface area contributed by atoms with E-state index in [0.717, 1.165) is 36.3 Å². The Labute approximate surface area is 269 Å². The normalized spacial score (nSPS) is 15.6. The van der Waals surface area contributed by atoms with Gasteiger partial charge in [-0.1, -0.05) is 42.8 Å². The van der Waals surface area contributed by atoms with Crippen molar-refractivity contribution < 1.29 is 14.3 Å². The number of urea groups is 1. The van der Waals surface area contributed by atoms with Gasteiger partial charge in [0.1, 0.15) is 11.5 Å². The molecule has 0 saturated carbocycles. The first-order valence-electron chi connectivity index (χ1n) is 15.3. The number of anilines is 5. The number of ether oxygens (including phenoxy) is 2. The van der Waals surface area contributed by atoms with Gasteiger partial charge in [-0.3, -0.25) is 4.90 Å². The highest BCUT2D eigenvalue weighted by Crippen LogP contribution is 2.43. The fourth-order valence-electron chi connectivity index (χ4n) is 6.28. The molecule has 2 aliphatic rings. The number of aromatic nitrogens is 2. The Hall–Kier alpha value is -4.34. The quantitative estimate of drug-likeness (QED) is 0.213. The molecule has 0 unspecified atom stereocenters. The number of halogens is 1. The first-order chi connectivity index (χ1) is 21.8. The number of hydrogen-bond acceptors (Lipinski definition) is 7. The summed E-state index contributed by atoms with van der Waals surface area (Å²) in [6.07, 6.45) is 4.99. The zero-order valence-corrected chi connectivity index (χ0v) is 27.2. The predicted octanol–water partition coefficient (Wildman–Crippen LogP) is 7.85. The molecule has 3 heterocycles. The summed E-state index contributed by atoms with van der Waals surface area (Å²) in [5.41, 5.74) is 6.37. The van der Waals surface area contributed by atoms with Crippen molar-refractivity contribution in [2.45, 2.75) is 45.6 Å². The molecule has 2 amide bonds. The molecule has 10 heteroatoms. The summed E-state index contributed by atoms with van der Waals surface area (Å²) in [4.78, 5) is 29.7. The number of methoxy groups -OCH3 is 2. The number of fused-ring (bicyclic) bond motifs is 1. The summed E-state index contributed by atoms with van der Waals surface area (Å²) >= 11 is 6.66. The van der Waals surface area contributed by atoms with Gasteiger partial charge in [0.2, 0.25) is 5.95 Å². The molecule has 2 aliphatic heterocycles. The van der Waals surface area contributed by atoms with E-state index in [9.17, 15) is 4.79 Å². The van der Waals surface area contributed by atoms with Crippen LogP contribution in [-0.2, 0) is 13.0 Å². The molecule has 9 nitrogen and oxygen atoms in total. The molecule has 234 valence electrons. The number of para-hydroxylation sites is 1. The van der Waals surface area contributed by atoms with Crippen molar-refractivity contribution in [2.75, 3.05) is 49.5 Å². The van der Waals surface area contributed by atoms with Crippen molar-refractivity contribution >= 4 is 46.5 Å². The van der Waals surface area contributed by atoms with Gasteiger partial charge in [-0.15, -0.1) is 0 Å². The Bertz CT molecular complexity index is 1700. The smallest absolute Gasteiger partial charge is 0.335 e. The van der Waals surface area contributed by atoms with Crippen LogP contribution in [-0.4, -0.2) is 55.3 Å². The Morgan fingerprint density at radius 2 is 1.84 bits per heavy atom. The van der Waals surface area contributed by atoms with Gasteiger partial charge in [0.05, 0.1) is 37.2 Å². The van der Waals surface area contributed by atoms with Gasteiger partial charge < -0.3 is 19.7 Å². The van der Waals surface area contributed by atoms with Crippen LogP contribution in [0, 0.1) is 6.92 Å². The van der Waals surface area contributed by atoms with Gasteiger partial charge in [0.25, 0.3) is 0 Å². The van der Waals surface area contributed by atoms with Gasteiger partial charge in [0.15, 0.2) is 5.82 Å². The first kappa shape index (κ1) is 30.7. The van der Waals surface area contributed by atoms with E-state index in [1.807, 2.05) is 19.1 Å². The molecule has 0 atom stereocenters. The maximum absolute atomic E-state index is 14.4. The number of amides is 2. The number of rotatable bonds is 8. The van der Waals surface area contributed by atoms with E-state index in [-0.39, 0.29) is 12.6 Å². The minimum Gasteiger partial charge on any atom is -0.497 e. The second-order valence-electron chi connectivity index (χ2n) is 11.7. The Balaban J connectivity index is 1.40. The molecule has 1 N–H and O–H groups in total. The molecule has 4 aromatic rings. The molecular weight excluding hydrogens is 588 g/mol. The molecule has 1 saturated heterocycles. The minimum absolute atomic E-state index is 0.263. The van der Waals surface area contributed by atoms with Crippen molar-refractivity contribution in [1.82, 2.24) is 14.9 Å². The van der Waals surface area contributed by atoms with Gasteiger partial charge in [0, 0.05) is 23.5 Å². The number of nitrogens with zero attached hydrogens (tertiary/aromatic N) is 5. The van der Waals surface area contributed by atoms with Crippen LogP contribution in [0.3, 0.4) is 0 Å². The lowest BCUT2D eigenvalue weighted by Gasteiger charge is -2.37. The number of aryl methyl sites for hydroxylation is 2. The van der Waals surface area contributed by atoms with Crippen LogP contribution in [0.1, 0.15) is 47.9 Å². The van der Waals surface area contributed by atoms with Crippen LogP contribution in [0.15, 0.2) is 60.8 Å². The average Bonchev–Trinajstić information content (AvgIpc) is 3.05. The summed E-state index contributed by atoms with van der Waals surface area (Å²) in [6.45, 7) is 6.61. The zero-order valence-electron chi connectivity index (χ0n) is 26.4. The number of carbonyl (C=O) groups is 1. The third kappa shape index (κ3) is 6.02. The van der Waals surface area contributed by atoms with Crippen LogP contribution < -0.4 is 24.6 Å². The minimum atomic E-state index is -0.302. The lowest BCUT2D eigenvalue weighted by Crippen LogP contribution is -2.46. The van der Waals surface area contributed by atoms with E-state index in [1.165, 1.54) is 24.0 Å². The van der Waals surface area contributed by atoms with Gasteiger partial charge in [-0.25, -0.2) is 14.7 Å². The fourth-order valence-corrected chi connectivity index (χ4v) is 6.61. The maximum atomic E-state index is 14.4. The summed E-state index contributed by atoms with van der Waals surface area (Å²) in [5, 5.41) is 3.94. The van der Waals surface area contributed by atoms with E-state index in [4.69, 9.17) is 31.0 Å². The molecule has 0 spiro atoms. The maximum Gasteiger partial charge on any atom is 0.335 e. The largest absolute Gasteiger partial charge is 0.497 e. The first-order valence-corrected chi connectivity index (χ1v) is 15.7. The summed E-state index contributed by atoms with van der Waals surface area (Å²) < 4.78 is 11.2. The Kier molecular flexibility index (Phi) is 8.83. The predicted molar refractivity (Wildman–Crippen MR) is 180 cm³/mol. The number of likely N-dealkylation sites (tertiary alicyclic amines) is 1. The van der Waals surface area contributed by atoms with Crippen LogP contribution >= 0.6 is 11.6 Å². The number of nitrogens with one attached hydrogen (secondary N) is 1. The van der Waals surface area contributed by atoms with Gasteiger partial charge in [-0.2, -0.15) is 4.98 Å². The summed E-state index contributed by atoms with van der Waals surface area (Å²) in [6, 6.07) is 17.3. The lowest BCUT2D eigenvalue weighted by molar-refractivity contribution is 0.252. The monoisotopic (exact) mass is 626 g/mol. The topological polar surface area (TPSA) is 83.1 Å². The van der Waals surface area contributed by atoms with Crippen molar-refractivity contribution in [3.05, 3.63) is 88.1 Å². The van der Waals surface area contributed by atoms with Crippen LogP contribution in [0.25, 0.3) is 0 Å². The third-order valence-electron chi connectivity index (χ3n) is 8.84. The molecular formula is C35H39ClN6O3. The number of piperidine rings is 1. The van der Waals surface area contributed by atoms with Crippen LogP contribution in [0.2, 0.25) is 5.02 Å². The SMILES string of the molecule is CCc1cc(C2CCN(C)CC2)ccc1Nc1ncc2c(n1)N(c1ccc(OC)cc1OC)C(=O)N(c1c(C)cccc1Cl)C2. The fraction of sp³-hybridized carbons (Fsp3) is 0.343. The number of benzene rings is 3. The molecule has 6 rings (SSSR count).